The van der Waals surface area contributed by atoms with E-state index in [2.05, 4.69) is 36.1 Å². The van der Waals surface area contributed by atoms with E-state index >= 15 is 0 Å². The van der Waals surface area contributed by atoms with Crippen molar-refractivity contribution in [3.63, 3.8) is 0 Å². The van der Waals surface area contributed by atoms with Crippen LogP contribution < -0.4 is 11.1 Å². The van der Waals surface area contributed by atoms with Crippen LogP contribution in [0.15, 0.2) is 6.07 Å². The van der Waals surface area contributed by atoms with Crippen LogP contribution in [0.25, 0.3) is 0 Å². The van der Waals surface area contributed by atoms with Gasteiger partial charge in [-0.05, 0) is 24.7 Å². The Labute approximate surface area is 121 Å². The maximum Gasteiger partial charge on any atom is 0.138 e. The van der Waals surface area contributed by atoms with E-state index in [0.717, 1.165) is 31.2 Å². The Bertz CT molecular complexity index is 463. The van der Waals surface area contributed by atoms with Crippen LogP contribution in [0.5, 0.6) is 0 Å². The molecule has 2 rings (SSSR count). The number of nitrogens with zero attached hydrogens (tertiary/aromatic N) is 2. The van der Waals surface area contributed by atoms with Crippen LogP contribution in [-0.4, -0.2) is 30.2 Å². The van der Waals surface area contributed by atoms with Crippen LogP contribution in [0.1, 0.15) is 45.9 Å². The van der Waals surface area contributed by atoms with Gasteiger partial charge in [-0.3, -0.25) is 0 Å². The summed E-state index contributed by atoms with van der Waals surface area (Å²) in [4.78, 5) is 8.90. The molecule has 1 saturated carbocycles. The molecule has 0 radical (unpaired) electrons. The lowest BCUT2D eigenvalue weighted by atomic mass is 9.96. The van der Waals surface area contributed by atoms with Gasteiger partial charge in [-0.1, -0.05) is 20.8 Å². The van der Waals surface area contributed by atoms with E-state index in [1.807, 2.05) is 6.07 Å². The summed E-state index contributed by atoms with van der Waals surface area (Å²) < 4.78 is 5.18. The summed E-state index contributed by atoms with van der Waals surface area (Å²) in [5, 5.41) is 3.42. The van der Waals surface area contributed by atoms with Crippen LogP contribution in [-0.2, 0) is 10.2 Å². The van der Waals surface area contributed by atoms with E-state index in [9.17, 15) is 0 Å². The van der Waals surface area contributed by atoms with E-state index in [1.165, 1.54) is 12.8 Å². The third kappa shape index (κ3) is 3.82. The third-order valence-corrected chi connectivity index (χ3v) is 3.85. The van der Waals surface area contributed by atoms with Gasteiger partial charge in [0, 0.05) is 31.7 Å². The fraction of sp³-hybridized carbons (Fsp3) is 0.733. The average molecular weight is 278 g/mol. The van der Waals surface area contributed by atoms with E-state index in [1.54, 1.807) is 7.11 Å². The number of nitrogens with one attached hydrogen (secondary N) is 1. The molecule has 1 heterocycles. The van der Waals surface area contributed by atoms with Gasteiger partial charge in [-0.2, -0.15) is 0 Å². The van der Waals surface area contributed by atoms with Crippen molar-refractivity contribution in [2.24, 2.45) is 5.41 Å². The molecule has 20 heavy (non-hydrogen) atoms. The van der Waals surface area contributed by atoms with Crippen molar-refractivity contribution in [2.45, 2.75) is 45.4 Å². The highest BCUT2D eigenvalue weighted by Crippen LogP contribution is 2.48. The standard InChI is InChI=1S/C15H26N4O/c1-14(2,3)13-18-11(16)9-12(19-13)17-10-15(5-6-15)7-8-20-4/h9H,5-8,10H2,1-4H3,(H3,16,17,18,19). The largest absolute Gasteiger partial charge is 0.385 e. The van der Waals surface area contributed by atoms with Crippen molar-refractivity contribution in [3.8, 4) is 0 Å². The summed E-state index contributed by atoms with van der Waals surface area (Å²) in [5.74, 6) is 2.13. The van der Waals surface area contributed by atoms with Crippen LogP contribution >= 0.6 is 0 Å². The normalized spacial score (nSPS) is 17.0. The number of methoxy groups -OCH3 is 1. The van der Waals surface area contributed by atoms with Gasteiger partial charge in [-0.25, -0.2) is 9.97 Å². The predicted octanol–water partition coefficient (Wildman–Crippen LogP) is 2.58. The van der Waals surface area contributed by atoms with Gasteiger partial charge in [0.05, 0.1) is 0 Å². The molecule has 1 aliphatic carbocycles. The maximum atomic E-state index is 5.88. The Morgan fingerprint density at radius 1 is 1.35 bits per heavy atom. The molecule has 0 unspecified atom stereocenters. The third-order valence-electron chi connectivity index (χ3n) is 3.85. The molecule has 5 nitrogen and oxygen atoms in total. The molecular weight excluding hydrogens is 252 g/mol. The SMILES string of the molecule is COCCC1(CNc2cc(N)nc(C(C)(C)C)n2)CC1. The minimum absolute atomic E-state index is 0.0981. The molecule has 0 atom stereocenters. The molecule has 112 valence electrons. The fourth-order valence-corrected chi connectivity index (χ4v) is 2.18. The highest BCUT2D eigenvalue weighted by atomic mass is 16.5. The molecular formula is C15H26N4O. The van der Waals surface area contributed by atoms with Crippen molar-refractivity contribution in [1.29, 1.82) is 0 Å². The second-order valence-electron chi connectivity index (χ2n) is 6.85. The second kappa shape index (κ2) is 5.56. The van der Waals surface area contributed by atoms with Gasteiger partial charge < -0.3 is 15.8 Å². The molecule has 0 aromatic carbocycles. The molecule has 5 heteroatoms. The number of aromatic nitrogens is 2. The van der Waals surface area contributed by atoms with Gasteiger partial charge in [0.2, 0.25) is 0 Å². The Balaban J connectivity index is 2.01. The fourth-order valence-electron chi connectivity index (χ4n) is 2.18. The first-order valence-electron chi connectivity index (χ1n) is 7.23. The zero-order valence-electron chi connectivity index (χ0n) is 13.0. The van der Waals surface area contributed by atoms with Crippen molar-refractivity contribution >= 4 is 11.6 Å². The number of rotatable bonds is 6. The smallest absolute Gasteiger partial charge is 0.138 e. The number of anilines is 2. The summed E-state index contributed by atoms with van der Waals surface area (Å²) in [5.41, 5.74) is 6.17. The molecule has 3 N–H and O–H groups in total. The Hall–Kier alpha value is -1.36. The van der Waals surface area contributed by atoms with Gasteiger partial charge in [-0.15, -0.1) is 0 Å². The molecule has 1 aromatic heterocycles. The molecule has 1 aromatic rings. The van der Waals surface area contributed by atoms with Crippen LogP contribution in [0.4, 0.5) is 11.6 Å². The molecule has 0 saturated heterocycles. The molecule has 1 fully saturated rings. The van der Waals surface area contributed by atoms with E-state index in [0.29, 0.717) is 11.2 Å². The molecule has 0 bridgehead atoms. The average Bonchev–Trinajstić information content (AvgIpc) is 3.13. The summed E-state index contributed by atoms with van der Waals surface area (Å²) >= 11 is 0. The molecule has 0 amide bonds. The minimum atomic E-state index is -0.0981. The number of nitrogens with two attached hydrogens (primary N) is 1. The number of hydrogen-bond donors (Lipinski definition) is 2. The predicted molar refractivity (Wildman–Crippen MR) is 81.8 cm³/mol. The lowest BCUT2D eigenvalue weighted by Crippen LogP contribution is -2.21. The topological polar surface area (TPSA) is 73.1 Å². The summed E-state index contributed by atoms with van der Waals surface area (Å²) in [7, 11) is 1.75. The molecule has 0 aliphatic heterocycles. The lowest BCUT2D eigenvalue weighted by Gasteiger charge is -2.20. The van der Waals surface area contributed by atoms with E-state index in [-0.39, 0.29) is 5.41 Å². The van der Waals surface area contributed by atoms with E-state index < -0.39 is 0 Å². The summed E-state index contributed by atoms with van der Waals surface area (Å²) in [6, 6.07) is 1.81. The minimum Gasteiger partial charge on any atom is -0.385 e. The Morgan fingerprint density at radius 3 is 2.60 bits per heavy atom. The van der Waals surface area contributed by atoms with Crippen molar-refractivity contribution in [2.75, 3.05) is 31.3 Å². The lowest BCUT2D eigenvalue weighted by molar-refractivity contribution is 0.175. The van der Waals surface area contributed by atoms with Gasteiger partial charge in [0.1, 0.15) is 17.5 Å². The number of nitrogen functional groups attached to an aromatic ring is 1. The Kier molecular flexibility index (Phi) is 4.18. The molecule has 1 aliphatic rings. The van der Waals surface area contributed by atoms with Crippen LogP contribution in [0.3, 0.4) is 0 Å². The van der Waals surface area contributed by atoms with Crippen molar-refractivity contribution in [3.05, 3.63) is 11.9 Å². The molecule has 0 spiro atoms. The van der Waals surface area contributed by atoms with Crippen molar-refractivity contribution < 1.29 is 4.74 Å². The second-order valence-corrected chi connectivity index (χ2v) is 6.85. The monoisotopic (exact) mass is 278 g/mol. The highest BCUT2D eigenvalue weighted by molar-refractivity contribution is 5.45. The highest BCUT2D eigenvalue weighted by Gasteiger charge is 2.41. The summed E-state index contributed by atoms with van der Waals surface area (Å²) in [6.07, 6.45) is 3.62. The number of hydrogen-bond acceptors (Lipinski definition) is 5. The first-order chi connectivity index (χ1) is 9.35. The maximum absolute atomic E-state index is 5.88. The van der Waals surface area contributed by atoms with Crippen LogP contribution in [0.2, 0.25) is 0 Å². The van der Waals surface area contributed by atoms with E-state index in [4.69, 9.17) is 10.5 Å². The van der Waals surface area contributed by atoms with Gasteiger partial charge in [0.15, 0.2) is 0 Å². The first kappa shape index (κ1) is 15.0. The van der Waals surface area contributed by atoms with Crippen molar-refractivity contribution in [1.82, 2.24) is 9.97 Å². The zero-order chi connectivity index (χ0) is 14.8. The van der Waals surface area contributed by atoms with Gasteiger partial charge >= 0.3 is 0 Å². The summed E-state index contributed by atoms with van der Waals surface area (Å²) in [6.45, 7) is 8.02. The number of ether oxygens (including phenoxy) is 1. The Morgan fingerprint density at radius 2 is 2.05 bits per heavy atom. The quantitative estimate of drug-likeness (QED) is 0.836. The van der Waals surface area contributed by atoms with Crippen LogP contribution in [0, 0.1) is 5.41 Å². The van der Waals surface area contributed by atoms with Gasteiger partial charge in [0.25, 0.3) is 0 Å². The zero-order valence-corrected chi connectivity index (χ0v) is 13.0. The first-order valence-corrected chi connectivity index (χ1v) is 7.23.